The number of fused-ring (bicyclic) bond motifs is 1. The van der Waals surface area contributed by atoms with Gasteiger partial charge in [0.15, 0.2) is 5.78 Å². The number of rotatable bonds is 0. The summed E-state index contributed by atoms with van der Waals surface area (Å²) in [5.41, 5.74) is 0.308. The SMILES string of the molecule is O=C1CC2(CCCOC2)Oc2ccccc21. The molecule has 3 heteroatoms. The summed E-state index contributed by atoms with van der Waals surface area (Å²) in [6.07, 6.45) is 2.33. The molecule has 2 aliphatic rings. The van der Waals surface area contributed by atoms with E-state index in [4.69, 9.17) is 9.47 Å². The fraction of sp³-hybridized carbons (Fsp3) is 0.462. The van der Waals surface area contributed by atoms with Crippen molar-refractivity contribution >= 4 is 5.78 Å². The summed E-state index contributed by atoms with van der Waals surface area (Å²) in [6, 6.07) is 7.46. The summed E-state index contributed by atoms with van der Waals surface area (Å²) in [5.74, 6) is 0.886. The third kappa shape index (κ3) is 1.52. The predicted molar refractivity (Wildman–Crippen MR) is 58.8 cm³/mol. The molecule has 0 N–H and O–H groups in total. The van der Waals surface area contributed by atoms with Gasteiger partial charge in [-0.05, 0) is 25.0 Å². The zero-order chi connectivity index (χ0) is 11.0. The van der Waals surface area contributed by atoms with Gasteiger partial charge >= 0.3 is 0 Å². The predicted octanol–water partition coefficient (Wildman–Crippen LogP) is 2.20. The fourth-order valence-electron chi connectivity index (χ4n) is 2.49. The van der Waals surface area contributed by atoms with E-state index in [1.807, 2.05) is 24.3 Å². The van der Waals surface area contributed by atoms with Gasteiger partial charge in [0.05, 0.1) is 18.6 Å². The van der Waals surface area contributed by atoms with Crippen molar-refractivity contribution in [2.45, 2.75) is 24.9 Å². The topological polar surface area (TPSA) is 35.5 Å². The van der Waals surface area contributed by atoms with Crippen LogP contribution in [0, 0.1) is 0 Å². The number of hydrogen-bond donors (Lipinski definition) is 0. The lowest BCUT2D eigenvalue weighted by Gasteiger charge is -2.40. The lowest BCUT2D eigenvalue weighted by atomic mass is 9.86. The first kappa shape index (κ1) is 9.85. The standard InChI is InChI=1S/C13H14O3/c14-11-8-13(6-3-7-15-9-13)16-12-5-2-1-4-10(11)12/h1-2,4-5H,3,6-9H2. The molecule has 16 heavy (non-hydrogen) atoms. The minimum atomic E-state index is -0.399. The Labute approximate surface area is 94.4 Å². The Morgan fingerprint density at radius 3 is 2.94 bits per heavy atom. The number of Topliss-reactive ketones (excluding diaryl/α,β-unsaturated/α-hetero) is 1. The van der Waals surface area contributed by atoms with E-state index in [1.54, 1.807) is 0 Å². The minimum absolute atomic E-state index is 0.173. The molecule has 0 amide bonds. The van der Waals surface area contributed by atoms with E-state index in [0.29, 0.717) is 24.3 Å². The van der Waals surface area contributed by atoms with Crippen LogP contribution in [0.3, 0.4) is 0 Å². The van der Waals surface area contributed by atoms with Crippen LogP contribution in [0.1, 0.15) is 29.6 Å². The number of ether oxygens (including phenoxy) is 2. The van der Waals surface area contributed by atoms with E-state index >= 15 is 0 Å². The van der Waals surface area contributed by atoms with Crippen molar-refractivity contribution in [1.29, 1.82) is 0 Å². The largest absolute Gasteiger partial charge is 0.484 e. The lowest BCUT2D eigenvalue weighted by molar-refractivity contribution is -0.0715. The van der Waals surface area contributed by atoms with Crippen molar-refractivity contribution in [2.75, 3.05) is 13.2 Å². The molecule has 1 unspecified atom stereocenters. The Hall–Kier alpha value is -1.35. The monoisotopic (exact) mass is 218 g/mol. The molecule has 1 saturated heterocycles. The highest BCUT2D eigenvalue weighted by Gasteiger charge is 2.41. The van der Waals surface area contributed by atoms with Gasteiger partial charge in [-0.1, -0.05) is 12.1 Å². The molecule has 2 aliphatic heterocycles. The number of carbonyl (C=O) groups excluding carboxylic acids is 1. The number of ketones is 1. The van der Waals surface area contributed by atoms with E-state index in [-0.39, 0.29) is 5.78 Å². The molecule has 2 heterocycles. The molecule has 1 atom stereocenters. The van der Waals surface area contributed by atoms with E-state index in [9.17, 15) is 4.79 Å². The van der Waals surface area contributed by atoms with Crippen LogP contribution in [0.15, 0.2) is 24.3 Å². The maximum atomic E-state index is 12.0. The van der Waals surface area contributed by atoms with Gasteiger partial charge < -0.3 is 9.47 Å². The van der Waals surface area contributed by atoms with Gasteiger partial charge in [-0.3, -0.25) is 4.79 Å². The molecule has 3 rings (SSSR count). The molecule has 0 aromatic heterocycles. The summed E-state index contributed by atoms with van der Waals surface area (Å²) in [7, 11) is 0. The average molecular weight is 218 g/mol. The van der Waals surface area contributed by atoms with Crippen molar-refractivity contribution in [3.05, 3.63) is 29.8 Å². The second-order valence-electron chi connectivity index (χ2n) is 4.54. The normalized spacial score (nSPS) is 28.6. The lowest BCUT2D eigenvalue weighted by Crippen LogP contribution is -2.48. The Bertz CT molecular complexity index is 419. The second kappa shape index (κ2) is 3.59. The third-order valence-corrected chi connectivity index (χ3v) is 3.28. The summed E-state index contributed by atoms with van der Waals surface area (Å²) in [5, 5.41) is 0. The first-order valence-corrected chi connectivity index (χ1v) is 5.68. The van der Waals surface area contributed by atoms with Crippen molar-refractivity contribution in [2.24, 2.45) is 0 Å². The molecule has 1 aromatic carbocycles. The third-order valence-electron chi connectivity index (χ3n) is 3.28. The van der Waals surface area contributed by atoms with E-state index in [2.05, 4.69) is 0 Å². The highest BCUT2D eigenvalue weighted by molar-refractivity contribution is 6.00. The van der Waals surface area contributed by atoms with Crippen LogP contribution in [-0.4, -0.2) is 24.6 Å². The minimum Gasteiger partial charge on any atom is -0.484 e. The number of carbonyl (C=O) groups is 1. The molecule has 0 bridgehead atoms. The molecule has 3 nitrogen and oxygen atoms in total. The summed E-state index contributed by atoms with van der Waals surface area (Å²) >= 11 is 0. The molecular weight excluding hydrogens is 204 g/mol. The van der Waals surface area contributed by atoms with Crippen LogP contribution in [-0.2, 0) is 4.74 Å². The molecule has 84 valence electrons. The maximum absolute atomic E-state index is 12.0. The number of hydrogen-bond acceptors (Lipinski definition) is 3. The Balaban J connectivity index is 1.96. The van der Waals surface area contributed by atoms with Crippen LogP contribution in [0.2, 0.25) is 0 Å². The first-order chi connectivity index (χ1) is 7.79. The Morgan fingerprint density at radius 1 is 1.25 bits per heavy atom. The Morgan fingerprint density at radius 2 is 2.12 bits per heavy atom. The molecule has 0 saturated carbocycles. The van der Waals surface area contributed by atoms with Crippen LogP contribution in [0.4, 0.5) is 0 Å². The average Bonchev–Trinajstić information content (AvgIpc) is 2.30. The number of para-hydroxylation sites is 1. The Kier molecular flexibility index (Phi) is 2.21. The zero-order valence-electron chi connectivity index (χ0n) is 9.07. The molecule has 1 fully saturated rings. The van der Waals surface area contributed by atoms with Crippen LogP contribution in [0.25, 0.3) is 0 Å². The van der Waals surface area contributed by atoms with Gasteiger partial charge in [0.1, 0.15) is 11.4 Å². The van der Waals surface area contributed by atoms with Crippen LogP contribution < -0.4 is 4.74 Å². The van der Waals surface area contributed by atoms with Crippen molar-refractivity contribution in [3.63, 3.8) is 0 Å². The fourth-order valence-corrected chi connectivity index (χ4v) is 2.49. The summed E-state index contributed by atoms with van der Waals surface area (Å²) < 4.78 is 11.4. The van der Waals surface area contributed by atoms with Gasteiger partial charge in [-0.15, -0.1) is 0 Å². The molecule has 1 aromatic rings. The first-order valence-electron chi connectivity index (χ1n) is 5.68. The maximum Gasteiger partial charge on any atom is 0.170 e. The van der Waals surface area contributed by atoms with Crippen molar-refractivity contribution < 1.29 is 14.3 Å². The summed E-state index contributed by atoms with van der Waals surface area (Å²) in [6.45, 7) is 1.31. The zero-order valence-corrected chi connectivity index (χ0v) is 9.07. The van der Waals surface area contributed by atoms with Gasteiger partial charge in [0.2, 0.25) is 0 Å². The molecule has 0 aliphatic carbocycles. The van der Waals surface area contributed by atoms with Crippen molar-refractivity contribution in [3.8, 4) is 5.75 Å². The molecular formula is C13H14O3. The second-order valence-corrected chi connectivity index (χ2v) is 4.54. The smallest absolute Gasteiger partial charge is 0.170 e. The molecule has 0 radical (unpaired) electrons. The van der Waals surface area contributed by atoms with E-state index in [0.717, 1.165) is 19.4 Å². The van der Waals surface area contributed by atoms with Crippen LogP contribution in [0.5, 0.6) is 5.75 Å². The van der Waals surface area contributed by atoms with Gasteiger partial charge in [0, 0.05) is 6.61 Å². The van der Waals surface area contributed by atoms with E-state index in [1.165, 1.54) is 0 Å². The highest BCUT2D eigenvalue weighted by Crippen LogP contribution is 2.37. The quantitative estimate of drug-likeness (QED) is 0.669. The molecule has 1 spiro atoms. The number of benzene rings is 1. The van der Waals surface area contributed by atoms with Gasteiger partial charge in [-0.25, -0.2) is 0 Å². The van der Waals surface area contributed by atoms with Gasteiger partial charge in [-0.2, -0.15) is 0 Å². The van der Waals surface area contributed by atoms with Crippen LogP contribution >= 0.6 is 0 Å². The summed E-state index contributed by atoms with van der Waals surface area (Å²) in [4.78, 5) is 12.0. The van der Waals surface area contributed by atoms with Crippen molar-refractivity contribution in [1.82, 2.24) is 0 Å². The highest BCUT2D eigenvalue weighted by atomic mass is 16.5. The van der Waals surface area contributed by atoms with Gasteiger partial charge in [0.25, 0.3) is 0 Å². The van der Waals surface area contributed by atoms with E-state index < -0.39 is 5.60 Å².